The number of hydrogen-bond donors (Lipinski definition) is 2. The van der Waals surface area contributed by atoms with Crippen LogP contribution in [0.1, 0.15) is 20.0 Å². The number of nitrogens with one attached hydrogen (secondary N) is 1. The Hall–Kier alpha value is -1.73. The Kier molecular flexibility index (Phi) is 3.96. The first-order chi connectivity index (χ1) is 8.99. The number of halogens is 2. The molecule has 0 unspecified atom stereocenters. The van der Waals surface area contributed by atoms with Crippen molar-refractivity contribution < 1.29 is 19.1 Å². The summed E-state index contributed by atoms with van der Waals surface area (Å²) >= 11 is 4.38. The highest BCUT2D eigenvalue weighted by molar-refractivity contribution is 9.11. The summed E-state index contributed by atoms with van der Waals surface area (Å²) in [6.45, 7) is 0. The third-order valence-electron chi connectivity index (χ3n) is 2.28. The fourth-order valence-corrected chi connectivity index (χ4v) is 2.72. The Morgan fingerprint density at radius 3 is 2.58 bits per heavy atom. The van der Waals surface area contributed by atoms with Gasteiger partial charge in [-0.1, -0.05) is 6.07 Å². The fourth-order valence-electron chi connectivity index (χ4n) is 1.44. The Morgan fingerprint density at radius 1 is 1.26 bits per heavy atom. The number of hydrogen-bond acceptors (Lipinski definition) is 3. The summed E-state index contributed by atoms with van der Waals surface area (Å²) in [6.07, 6.45) is 0. The number of anilines is 1. The fraction of sp³-hybridized carbons (Fsp3) is 0. The van der Waals surface area contributed by atoms with E-state index in [0.717, 1.165) is 9.85 Å². The molecule has 0 aliphatic carbocycles. The molecule has 7 heteroatoms. The molecule has 0 atom stereocenters. The number of carboxylic acids is 1. The van der Waals surface area contributed by atoms with Crippen molar-refractivity contribution in [1.82, 2.24) is 0 Å². The molecule has 4 nitrogen and oxygen atoms in total. The number of thiophene rings is 1. The molecule has 0 spiro atoms. The second-order valence-electron chi connectivity index (χ2n) is 3.53. The summed E-state index contributed by atoms with van der Waals surface area (Å²) in [6, 6.07) is 6.83. The minimum absolute atomic E-state index is 0.288. The van der Waals surface area contributed by atoms with Crippen LogP contribution in [0.25, 0.3) is 0 Å². The van der Waals surface area contributed by atoms with E-state index < -0.39 is 17.7 Å². The van der Waals surface area contributed by atoms with E-state index in [0.29, 0.717) is 4.88 Å². The van der Waals surface area contributed by atoms with Gasteiger partial charge in [0.05, 0.1) is 19.9 Å². The molecule has 1 aromatic carbocycles. The highest BCUT2D eigenvalue weighted by atomic mass is 79.9. The lowest BCUT2D eigenvalue weighted by molar-refractivity contribution is 0.0697. The van der Waals surface area contributed by atoms with Gasteiger partial charge in [0.15, 0.2) is 0 Å². The van der Waals surface area contributed by atoms with Gasteiger partial charge in [0.1, 0.15) is 5.82 Å². The lowest BCUT2D eigenvalue weighted by Gasteiger charge is -2.08. The first-order valence-corrected chi connectivity index (χ1v) is 6.68. The van der Waals surface area contributed by atoms with E-state index in [1.54, 1.807) is 12.1 Å². The summed E-state index contributed by atoms with van der Waals surface area (Å²) in [4.78, 5) is 23.2. The van der Waals surface area contributed by atoms with Crippen molar-refractivity contribution in [3.63, 3.8) is 0 Å². The molecule has 2 rings (SSSR count). The third-order valence-corrected chi connectivity index (χ3v) is 3.90. The van der Waals surface area contributed by atoms with Crippen molar-refractivity contribution in [1.29, 1.82) is 0 Å². The molecule has 1 amide bonds. The first-order valence-electron chi connectivity index (χ1n) is 5.07. The van der Waals surface area contributed by atoms with Gasteiger partial charge in [-0.2, -0.15) is 0 Å². The largest absolute Gasteiger partial charge is 0.478 e. The normalized spacial score (nSPS) is 10.2. The maximum absolute atomic E-state index is 13.6. The highest BCUT2D eigenvalue weighted by Gasteiger charge is 2.18. The third kappa shape index (κ3) is 2.99. The van der Waals surface area contributed by atoms with Crippen molar-refractivity contribution in [2.75, 3.05) is 5.32 Å². The van der Waals surface area contributed by atoms with Crippen molar-refractivity contribution >= 4 is 44.8 Å². The number of carbonyl (C=O) groups excluding carboxylic acids is 1. The maximum Gasteiger partial charge on any atom is 0.337 e. The maximum atomic E-state index is 13.6. The van der Waals surface area contributed by atoms with E-state index in [4.69, 9.17) is 5.11 Å². The molecule has 0 saturated carbocycles. The Labute approximate surface area is 120 Å². The molecule has 19 heavy (non-hydrogen) atoms. The molecule has 2 aromatic rings. The first kappa shape index (κ1) is 13.7. The van der Waals surface area contributed by atoms with Crippen LogP contribution in [0.15, 0.2) is 34.1 Å². The molecule has 0 bridgehead atoms. The molecular formula is C12H7BrFNO3S. The number of para-hydroxylation sites is 1. The number of amides is 1. The molecule has 98 valence electrons. The van der Waals surface area contributed by atoms with Gasteiger partial charge in [-0.3, -0.25) is 4.79 Å². The lowest BCUT2D eigenvalue weighted by Crippen LogP contribution is -2.15. The number of carbonyl (C=O) groups is 2. The smallest absolute Gasteiger partial charge is 0.337 e. The second kappa shape index (κ2) is 5.50. The van der Waals surface area contributed by atoms with Crippen molar-refractivity contribution in [3.8, 4) is 0 Å². The molecule has 0 radical (unpaired) electrons. The summed E-state index contributed by atoms with van der Waals surface area (Å²) in [5.41, 5.74) is -0.617. The predicted octanol–water partition coefficient (Wildman–Crippen LogP) is 3.60. The highest BCUT2D eigenvalue weighted by Crippen LogP contribution is 2.25. The van der Waals surface area contributed by atoms with Crippen molar-refractivity contribution in [2.24, 2.45) is 0 Å². The summed E-state index contributed by atoms with van der Waals surface area (Å²) in [5.74, 6) is -2.64. The van der Waals surface area contributed by atoms with Crippen molar-refractivity contribution in [2.45, 2.75) is 0 Å². The standard InChI is InChI=1S/C12H7BrFNO3S/c13-9-5-4-8(19-9)11(16)15-10-6(12(17)18)2-1-3-7(10)14/h1-5H,(H,15,16)(H,17,18). The minimum atomic E-state index is -1.30. The van der Waals surface area contributed by atoms with Gasteiger partial charge >= 0.3 is 5.97 Å². The van der Waals surface area contributed by atoms with Gasteiger partial charge in [0, 0.05) is 0 Å². The van der Waals surface area contributed by atoms with Crippen LogP contribution in [0.4, 0.5) is 10.1 Å². The summed E-state index contributed by atoms with van der Waals surface area (Å²) in [7, 11) is 0. The van der Waals surface area contributed by atoms with Crippen LogP contribution in [0.5, 0.6) is 0 Å². The number of rotatable bonds is 3. The van der Waals surface area contributed by atoms with E-state index in [1.807, 2.05) is 0 Å². The monoisotopic (exact) mass is 343 g/mol. The van der Waals surface area contributed by atoms with Crippen LogP contribution in [0, 0.1) is 5.82 Å². The quantitative estimate of drug-likeness (QED) is 0.894. The molecule has 0 aliphatic rings. The molecule has 0 aliphatic heterocycles. The molecule has 0 fully saturated rings. The number of aromatic carboxylic acids is 1. The van der Waals surface area contributed by atoms with Crippen LogP contribution in [0.3, 0.4) is 0 Å². The van der Waals surface area contributed by atoms with Crippen LogP contribution < -0.4 is 5.32 Å². The SMILES string of the molecule is O=C(Nc1c(F)cccc1C(=O)O)c1ccc(Br)s1. The average molecular weight is 344 g/mol. The Balaban J connectivity index is 2.33. The van der Waals surface area contributed by atoms with Crippen molar-refractivity contribution in [3.05, 3.63) is 50.4 Å². The molecule has 0 saturated heterocycles. The van der Waals surface area contributed by atoms with Gasteiger partial charge in [-0.25, -0.2) is 9.18 Å². The molecule has 2 N–H and O–H groups in total. The van der Waals surface area contributed by atoms with E-state index in [2.05, 4.69) is 21.2 Å². The zero-order valence-electron chi connectivity index (χ0n) is 9.31. The summed E-state index contributed by atoms with van der Waals surface area (Å²) < 4.78 is 14.4. The van der Waals surface area contributed by atoms with Crippen LogP contribution in [-0.2, 0) is 0 Å². The van der Waals surface area contributed by atoms with Gasteiger partial charge in [0.25, 0.3) is 5.91 Å². The number of carboxylic acid groups (broad SMARTS) is 1. The minimum Gasteiger partial charge on any atom is -0.478 e. The zero-order valence-corrected chi connectivity index (χ0v) is 11.7. The molecule has 1 aromatic heterocycles. The van der Waals surface area contributed by atoms with Crippen LogP contribution in [0.2, 0.25) is 0 Å². The van der Waals surface area contributed by atoms with Gasteiger partial charge in [-0.15, -0.1) is 11.3 Å². The van der Waals surface area contributed by atoms with Gasteiger partial charge in [-0.05, 0) is 40.2 Å². The van der Waals surface area contributed by atoms with E-state index >= 15 is 0 Å². The molecule has 1 heterocycles. The second-order valence-corrected chi connectivity index (χ2v) is 5.99. The van der Waals surface area contributed by atoms with Crippen LogP contribution in [-0.4, -0.2) is 17.0 Å². The van der Waals surface area contributed by atoms with Crippen LogP contribution >= 0.6 is 27.3 Å². The van der Waals surface area contributed by atoms with E-state index in [-0.39, 0.29) is 11.3 Å². The van der Waals surface area contributed by atoms with Gasteiger partial charge in [0.2, 0.25) is 0 Å². The lowest BCUT2D eigenvalue weighted by atomic mass is 10.1. The topological polar surface area (TPSA) is 66.4 Å². The predicted molar refractivity (Wildman–Crippen MR) is 73.3 cm³/mol. The van der Waals surface area contributed by atoms with E-state index in [1.165, 1.54) is 23.5 Å². The Morgan fingerprint density at radius 2 is 2.00 bits per heavy atom. The summed E-state index contributed by atoms with van der Waals surface area (Å²) in [5, 5.41) is 11.2. The van der Waals surface area contributed by atoms with Gasteiger partial charge < -0.3 is 10.4 Å². The van der Waals surface area contributed by atoms with E-state index in [9.17, 15) is 14.0 Å². The Bertz CT molecular complexity index is 656. The zero-order chi connectivity index (χ0) is 14.0. The average Bonchev–Trinajstić information content (AvgIpc) is 2.78. The number of benzene rings is 1. The molecular weight excluding hydrogens is 337 g/mol.